The minimum Gasteiger partial charge on any atom is -0.478 e. The number of pyridine rings is 1. The molecule has 4 amide bonds. The highest BCUT2D eigenvalue weighted by Crippen LogP contribution is 2.34. The zero-order valence-electron chi connectivity index (χ0n) is 35.0. The quantitative estimate of drug-likeness (QED) is 0.0848. The smallest absolute Gasteiger partial charge is 0.337 e. The second-order valence-electron chi connectivity index (χ2n) is 17.6. The maximum Gasteiger partial charge on any atom is 0.337 e. The first kappa shape index (κ1) is 46.7. The molecule has 324 valence electrons. The van der Waals surface area contributed by atoms with Crippen molar-refractivity contribution in [2.75, 3.05) is 13.7 Å². The van der Waals surface area contributed by atoms with Crippen LogP contribution in [0.4, 0.5) is 0 Å². The highest BCUT2D eigenvalue weighted by Gasteiger charge is 2.44. The fourth-order valence-corrected chi connectivity index (χ4v) is 8.86. The van der Waals surface area contributed by atoms with Gasteiger partial charge in [0.1, 0.15) is 12.1 Å². The van der Waals surface area contributed by atoms with Gasteiger partial charge in [0.25, 0.3) is 0 Å². The van der Waals surface area contributed by atoms with Gasteiger partial charge in [-0.1, -0.05) is 65.4 Å². The van der Waals surface area contributed by atoms with E-state index in [1.807, 2.05) is 0 Å². The van der Waals surface area contributed by atoms with Crippen LogP contribution in [-0.2, 0) is 33.5 Å². The van der Waals surface area contributed by atoms with Crippen LogP contribution in [0.25, 0.3) is 0 Å². The number of ketones is 2. The van der Waals surface area contributed by atoms with Crippen molar-refractivity contribution in [2.24, 2.45) is 34.8 Å². The van der Waals surface area contributed by atoms with Crippen molar-refractivity contribution in [1.29, 1.82) is 0 Å². The van der Waals surface area contributed by atoms with Gasteiger partial charge in [-0.15, -0.1) is 0 Å². The summed E-state index contributed by atoms with van der Waals surface area (Å²) >= 11 is 0. The van der Waals surface area contributed by atoms with Gasteiger partial charge < -0.3 is 31.1 Å². The summed E-state index contributed by atoms with van der Waals surface area (Å²) in [6.45, 7) is 5.59. The molecule has 4 rings (SSSR count). The molecule has 0 spiro atoms. The molecule has 15 nitrogen and oxygen atoms in total. The number of nitrogens with two attached hydrogens (primary N) is 1. The highest BCUT2D eigenvalue weighted by molar-refractivity contribution is 6.01. The van der Waals surface area contributed by atoms with E-state index in [1.54, 1.807) is 20.8 Å². The summed E-state index contributed by atoms with van der Waals surface area (Å²) in [5, 5.41) is 15.3. The van der Waals surface area contributed by atoms with Crippen LogP contribution in [0.3, 0.4) is 0 Å². The first-order chi connectivity index (χ1) is 28.0. The number of aromatic nitrogens is 1. The van der Waals surface area contributed by atoms with Crippen molar-refractivity contribution >= 4 is 47.1 Å². The first-order valence-electron chi connectivity index (χ1n) is 21.2. The number of carboxylic acids is 1. The van der Waals surface area contributed by atoms with E-state index < -0.39 is 76.7 Å². The number of Topliss-reactive ketones (excluding diaryl/α,β-unsaturated/α-hetero) is 2. The number of allylic oxidation sites excluding steroid dienone is 1. The predicted molar refractivity (Wildman–Crippen MR) is 218 cm³/mol. The molecule has 5 N–H and O–H groups in total. The molecule has 2 aliphatic carbocycles. The van der Waals surface area contributed by atoms with E-state index in [-0.39, 0.29) is 61.0 Å². The second kappa shape index (κ2) is 21.9. The van der Waals surface area contributed by atoms with Crippen molar-refractivity contribution in [3.05, 3.63) is 41.7 Å². The number of amides is 4. The Morgan fingerprint density at radius 1 is 0.881 bits per heavy atom. The molecule has 3 aliphatic rings. The number of esters is 1. The standard InChI is InChI=1S/C44H63N5O10/c1-44(2,3)38(48-40(54)29(18-11-12-20-36(52)59-4)23-34(50)30-22-31(43(57)58)26-46-25-30)42(56)49-21-13-19-33(49)41(55)47-37(28-16-9-6-10-17-28)35(51)24-32(39(45)53)27-14-7-5-8-15-27/h12,20,22,25-29,32-33,37-38H,5-11,13-19,21,23-24H2,1-4H3,(H2,45,53)(H,47,55)(H,48,54)(H,57,58)/b20-12+/t29-,32+,33+,37+,38-/m1/s1. The van der Waals surface area contributed by atoms with Crippen LogP contribution < -0.4 is 16.4 Å². The molecular formula is C44H63N5O10. The van der Waals surface area contributed by atoms with Gasteiger partial charge in [-0.05, 0) is 74.7 Å². The molecule has 5 atom stereocenters. The monoisotopic (exact) mass is 821 g/mol. The Labute approximate surface area is 347 Å². The van der Waals surface area contributed by atoms with E-state index in [0.717, 1.165) is 70.4 Å². The Bertz CT molecular complexity index is 1730. The second-order valence-corrected chi connectivity index (χ2v) is 17.6. The lowest BCUT2D eigenvalue weighted by Crippen LogP contribution is -2.59. The van der Waals surface area contributed by atoms with Crippen LogP contribution in [0.5, 0.6) is 0 Å². The number of carbonyl (C=O) groups excluding carboxylic acids is 7. The zero-order valence-corrected chi connectivity index (χ0v) is 35.0. The molecule has 0 bridgehead atoms. The number of carboxylic acid groups (broad SMARTS) is 1. The highest BCUT2D eigenvalue weighted by atomic mass is 16.5. The zero-order chi connectivity index (χ0) is 43.3. The number of carbonyl (C=O) groups is 8. The Hall–Kier alpha value is -4.95. The van der Waals surface area contributed by atoms with E-state index in [1.165, 1.54) is 36.4 Å². The number of methoxy groups -OCH3 is 1. The third-order valence-electron chi connectivity index (χ3n) is 12.3. The molecule has 3 fully saturated rings. The predicted octanol–water partition coefficient (Wildman–Crippen LogP) is 4.71. The van der Waals surface area contributed by atoms with Crippen molar-refractivity contribution in [3.8, 4) is 0 Å². The summed E-state index contributed by atoms with van der Waals surface area (Å²) < 4.78 is 4.64. The molecule has 2 heterocycles. The van der Waals surface area contributed by atoms with E-state index in [4.69, 9.17) is 5.73 Å². The number of ether oxygens (including phenoxy) is 1. The number of likely N-dealkylation sites (tertiary alicyclic amines) is 1. The van der Waals surface area contributed by atoms with Crippen LogP contribution in [0.2, 0.25) is 0 Å². The van der Waals surface area contributed by atoms with E-state index in [2.05, 4.69) is 20.4 Å². The van der Waals surface area contributed by atoms with E-state index in [0.29, 0.717) is 12.8 Å². The fraction of sp³-hybridized carbons (Fsp3) is 0.659. The van der Waals surface area contributed by atoms with E-state index >= 15 is 0 Å². The van der Waals surface area contributed by atoms with Gasteiger partial charge in [0, 0.05) is 55.3 Å². The number of rotatable bonds is 19. The van der Waals surface area contributed by atoms with Crippen molar-refractivity contribution in [2.45, 2.75) is 142 Å². The van der Waals surface area contributed by atoms with Gasteiger partial charge in [-0.3, -0.25) is 33.8 Å². The molecule has 0 unspecified atom stereocenters. The van der Waals surface area contributed by atoms with Crippen LogP contribution in [0, 0.1) is 29.1 Å². The molecule has 15 heteroatoms. The summed E-state index contributed by atoms with van der Waals surface area (Å²) in [5.74, 6) is -6.28. The van der Waals surface area contributed by atoms with Crippen LogP contribution in [-0.4, -0.2) is 93.9 Å². The van der Waals surface area contributed by atoms with Crippen LogP contribution in [0.1, 0.15) is 144 Å². The largest absolute Gasteiger partial charge is 0.478 e. The number of primary amides is 1. The summed E-state index contributed by atoms with van der Waals surface area (Å²) in [6, 6.07) is -1.65. The van der Waals surface area contributed by atoms with Gasteiger partial charge in [0.2, 0.25) is 23.6 Å². The average molecular weight is 822 g/mol. The Morgan fingerprint density at radius 3 is 2.10 bits per heavy atom. The fourth-order valence-electron chi connectivity index (χ4n) is 8.86. The van der Waals surface area contributed by atoms with Gasteiger partial charge in [-0.25, -0.2) is 9.59 Å². The summed E-state index contributed by atoms with van der Waals surface area (Å²) in [4.78, 5) is 112. The van der Waals surface area contributed by atoms with E-state index in [9.17, 15) is 43.5 Å². The number of nitrogens with zero attached hydrogens (tertiary/aromatic N) is 2. The maximum atomic E-state index is 14.5. The molecule has 0 aromatic carbocycles. The first-order valence-corrected chi connectivity index (χ1v) is 21.2. The molecule has 2 saturated carbocycles. The lowest BCUT2D eigenvalue weighted by molar-refractivity contribution is -0.145. The SMILES string of the molecule is COC(=O)/C=C/CC[C@H](CC(=O)c1cncc(C(=O)O)c1)C(=O)N[C@H](C(=O)N1CCC[C@H]1C(=O)N[C@H](C(=O)C[C@H](C(N)=O)C1CCCCC1)C1CCCCC1)C(C)(C)C. The molecule has 0 radical (unpaired) electrons. The van der Waals surface area contributed by atoms with Gasteiger partial charge in [0.05, 0.1) is 18.7 Å². The average Bonchev–Trinajstić information content (AvgIpc) is 3.72. The van der Waals surface area contributed by atoms with Gasteiger partial charge in [-0.2, -0.15) is 0 Å². The lowest BCUT2D eigenvalue weighted by atomic mass is 9.75. The normalized spacial score (nSPS) is 19.9. The third kappa shape index (κ3) is 13.3. The van der Waals surface area contributed by atoms with Crippen molar-refractivity contribution in [3.63, 3.8) is 0 Å². The Balaban J connectivity index is 1.53. The summed E-state index contributed by atoms with van der Waals surface area (Å²) in [7, 11) is 1.23. The minimum atomic E-state index is -1.27. The molecular weight excluding hydrogens is 759 g/mol. The van der Waals surface area contributed by atoms with Gasteiger partial charge >= 0.3 is 11.9 Å². The molecule has 1 saturated heterocycles. The lowest BCUT2D eigenvalue weighted by Gasteiger charge is -2.37. The van der Waals surface area contributed by atoms with Crippen molar-refractivity contribution in [1.82, 2.24) is 20.5 Å². The van der Waals surface area contributed by atoms with Gasteiger partial charge in [0.15, 0.2) is 11.6 Å². The Kier molecular flexibility index (Phi) is 17.3. The molecule has 59 heavy (non-hydrogen) atoms. The van der Waals surface area contributed by atoms with Crippen LogP contribution >= 0.6 is 0 Å². The maximum absolute atomic E-state index is 14.5. The number of hydrogen-bond acceptors (Lipinski definition) is 10. The Morgan fingerprint density at radius 2 is 1.51 bits per heavy atom. The van der Waals surface area contributed by atoms with Crippen molar-refractivity contribution < 1.29 is 48.2 Å². The molecule has 1 aliphatic heterocycles. The van der Waals surface area contributed by atoms with Crippen LogP contribution in [0.15, 0.2) is 30.6 Å². The third-order valence-corrected chi connectivity index (χ3v) is 12.3. The number of hydrogen-bond donors (Lipinski definition) is 4. The number of nitrogens with one attached hydrogen (secondary N) is 2. The minimum absolute atomic E-state index is 0.00585. The topological polar surface area (TPSA) is 232 Å². The number of aromatic carboxylic acids is 1. The summed E-state index contributed by atoms with van der Waals surface area (Å²) in [6.07, 6.45) is 15.0. The molecule has 1 aromatic rings. The molecule has 1 aromatic heterocycles. The summed E-state index contributed by atoms with van der Waals surface area (Å²) in [5.41, 5.74) is 4.83.